The molecule has 7 heteroatoms. The summed E-state index contributed by atoms with van der Waals surface area (Å²) in [5, 5.41) is 11.6. The van der Waals surface area contributed by atoms with Gasteiger partial charge >= 0.3 is 5.97 Å². The van der Waals surface area contributed by atoms with Crippen molar-refractivity contribution in [1.29, 1.82) is 0 Å². The first-order chi connectivity index (χ1) is 13.9. The SMILES string of the molecule is CCc1nc2scc(-c3ccc(C)c(C)c3)c2c(=O)n1Cc1ccc(C(=O)O)o1. The van der Waals surface area contributed by atoms with Gasteiger partial charge in [-0.1, -0.05) is 25.1 Å². The molecule has 0 radical (unpaired) electrons. The van der Waals surface area contributed by atoms with E-state index in [0.717, 1.165) is 16.7 Å². The van der Waals surface area contributed by atoms with Crippen LogP contribution in [0.2, 0.25) is 0 Å². The molecule has 0 bridgehead atoms. The standard InChI is InChI=1S/C22H20N2O4S/c1-4-18-23-20-19(16(11-29-20)14-6-5-12(2)13(3)9-14)21(25)24(18)10-15-7-8-17(28-15)22(26)27/h5-9,11H,4,10H2,1-3H3,(H,26,27). The van der Waals surface area contributed by atoms with Gasteiger partial charge in [-0.25, -0.2) is 9.78 Å². The number of rotatable bonds is 5. The molecule has 4 rings (SSSR count). The summed E-state index contributed by atoms with van der Waals surface area (Å²) in [5.74, 6) is -0.234. The number of benzene rings is 1. The van der Waals surface area contributed by atoms with Gasteiger partial charge in [0.1, 0.15) is 16.4 Å². The third-order valence-electron chi connectivity index (χ3n) is 5.09. The minimum absolute atomic E-state index is 0.139. The molecule has 4 aromatic rings. The Balaban J connectivity index is 1.87. The lowest BCUT2D eigenvalue weighted by Crippen LogP contribution is -2.25. The zero-order chi connectivity index (χ0) is 20.7. The molecule has 1 aromatic carbocycles. The maximum atomic E-state index is 13.4. The molecule has 29 heavy (non-hydrogen) atoms. The van der Waals surface area contributed by atoms with Crippen molar-refractivity contribution >= 4 is 27.5 Å². The van der Waals surface area contributed by atoms with E-state index in [-0.39, 0.29) is 17.9 Å². The van der Waals surface area contributed by atoms with Crippen molar-refractivity contribution < 1.29 is 14.3 Å². The van der Waals surface area contributed by atoms with Crippen LogP contribution in [0, 0.1) is 13.8 Å². The monoisotopic (exact) mass is 408 g/mol. The molecule has 0 saturated carbocycles. The van der Waals surface area contributed by atoms with E-state index in [9.17, 15) is 9.59 Å². The lowest BCUT2D eigenvalue weighted by Gasteiger charge is -2.11. The van der Waals surface area contributed by atoms with Gasteiger partial charge < -0.3 is 9.52 Å². The van der Waals surface area contributed by atoms with Crippen LogP contribution in [0.25, 0.3) is 21.3 Å². The second-order valence-corrected chi connectivity index (χ2v) is 7.83. The van der Waals surface area contributed by atoms with Gasteiger partial charge in [0, 0.05) is 17.4 Å². The smallest absolute Gasteiger partial charge is 0.371 e. The third kappa shape index (κ3) is 3.38. The molecule has 148 valence electrons. The van der Waals surface area contributed by atoms with Crippen LogP contribution >= 0.6 is 11.3 Å². The van der Waals surface area contributed by atoms with Crippen molar-refractivity contribution in [2.24, 2.45) is 0 Å². The second-order valence-electron chi connectivity index (χ2n) is 6.97. The van der Waals surface area contributed by atoms with E-state index in [1.54, 1.807) is 10.6 Å². The van der Waals surface area contributed by atoms with E-state index in [1.165, 1.54) is 23.0 Å². The highest BCUT2D eigenvalue weighted by Gasteiger charge is 2.18. The van der Waals surface area contributed by atoms with Crippen molar-refractivity contribution in [2.45, 2.75) is 33.7 Å². The van der Waals surface area contributed by atoms with Gasteiger partial charge in [-0.2, -0.15) is 0 Å². The number of fused-ring (bicyclic) bond motifs is 1. The van der Waals surface area contributed by atoms with Gasteiger partial charge in [0.25, 0.3) is 5.56 Å². The number of carbonyl (C=O) groups is 1. The fraction of sp³-hybridized carbons (Fsp3) is 0.227. The molecule has 3 heterocycles. The van der Waals surface area contributed by atoms with Crippen LogP contribution in [0.4, 0.5) is 0 Å². The zero-order valence-corrected chi connectivity index (χ0v) is 17.2. The Morgan fingerprint density at radius 1 is 1.21 bits per heavy atom. The molecule has 6 nitrogen and oxygen atoms in total. The van der Waals surface area contributed by atoms with Crippen LogP contribution in [0.3, 0.4) is 0 Å². The Morgan fingerprint density at radius 3 is 2.66 bits per heavy atom. The van der Waals surface area contributed by atoms with E-state index in [0.29, 0.717) is 28.2 Å². The quantitative estimate of drug-likeness (QED) is 0.520. The van der Waals surface area contributed by atoms with E-state index < -0.39 is 5.97 Å². The van der Waals surface area contributed by atoms with Crippen LogP contribution < -0.4 is 5.56 Å². The Kier molecular flexibility index (Phi) is 4.84. The van der Waals surface area contributed by atoms with Crippen molar-refractivity contribution in [3.63, 3.8) is 0 Å². The van der Waals surface area contributed by atoms with E-state index in [2.05, 4.69) is 26.0 Å². The predicted octanol–water partition coefficient (Wildman–Crippen LogP) is 4.64. The number of hydrogen-bond donors (Lipinski definition) is 1. The summed E-state index contributed by atoms with van der Waals surface area (Å²) in [5.41, 5.74) is 4.07. The molecule has 0 aliphatic rings. The van der Waals surface area contributed by atoms with E-state index in [1.807, 2.05) is 18.4 Å². The molecule has 0 aliphatic carbocycles. The van der Waals surface area contributed by atoms with Crippen molar-refractivity contribution in [3.05, 3.63) is 74.5 Å². The van der Waals surface area contributed by atoms with Crippen LogP contribution in [-0.4, -0.2) is 20.6 Å². The predicted molar refractivity (Wildman–Crippen MR) is 113 cm³/mol. The number of carboxylic acid groups (broad SMARTS) is 1. The highest BCUT2D eigenvalue weighted by Crippen LogP contribution is 2.32. The molecule has 0 fully saturated rings. The van der Waals surface area contributed by atoms with Crippen LogP contribution in [0.1, 0.15) is 40.2 Å². The number of carboxylic acids is 1. The molecule has 0 saturated heterocycles. The fourth-order valence-corrected chi connectivity index (χ4v) is 4.31. The number of nitrogens with zero attached hydrogens (tertiary/aromatic N) is 2. The summed E-state index contributed by atoms with van der Waals surface area (Å²) in [6, 6.07) is 9.13. The normalized spacial score (nSPS) is 11.3. The van der Waals surface area contributed by atoms with E-state index >= 15 is 0 Å². The lowest BCUT2D eigenvalue weighted by molar-refractivity contribution is 0.0660. The largest absolute Gasteiger partial charge is 0.475 e. The Labute approximate surface area is 171 Å². The van der Waals surface area contributed by atoms with Crippen LogP contribution in [0.15, 0.2) is 44.9 Å². The van der Waals surface area contributed by atoms with Gasteiger partial charge in [0.2, 0.25) is 5.76 Å². The minimum atomic E-state index is -1.14. The first-order valence-corrected chi connectivity index (χ1v) is 10.2. The molecule has 0 spiro atoms. The number of hydrogen-bond acceptors (Lipinski definition) is 5. The maximum absolute atomic E-state index is 13.4. The third-order valence-corrected chi connectivity index (χ3v) is 5.97. The topological polar surface area (TPSA) is 85.3 Å². The van der Waals surface area contributed by atoms with Gasteiger partial charge in [-0.3, -0.25) is 9.36 Å². The molecule has 0 atom stereocenters. The molecule has 0 aliphatic heterocycles. The fourth-order valence-electron chi connectivity index (χ4n) is 3.35. The first kappa shape index (κ1) is 19.1. The number of thiophene rings is 1. The highest BCUT2D eigenvalue weighted by molar-refractivity contribution is 7.17. The van der Waals surface area contributed by atoms with Crippen molar-refractivity contribution in [2.75, 3.05) is 0 Å². The Morgan fingerprint density at radius 2 is 2.00 bits per heavy atom. The second kappa shape index (κ2) is 7.33. The van der Waals surface area contributed by atoms with Gasteiger partial charge in [0.15, 0.2) is 0 Å². The molecule has 3 aromatic heterocycles. The molecular formula is C22H20N2O4S. The number of aromatic carboxylic acids is 1. The summed E-state index contributed by atoms with van der Waals surface area (Å²) in [7, 11) is 0. The van der Waals surface area contributed by atoms with Crippen LogP contribution in [0.5, 0.6) is 0 Å². The maximum Gasteiger partial charge on any atom is 0.371 e. The average molecular weight is 408 g/mol. The molecule has 0 unspecified atom stereocenters. The van der Waals surface area contributed by atoms with Gasteiger partial charge in [-0.05, 0) is 42.7 Å². The van der Waals surface area contributed by atoms with Crippen LogP contribution in [-0.2, 0) is 13.0 Å². The number of aryl methyl sites for hydroxylation is 3. The Hall–Kier alpha value is -3.19. The molecular weight excluding hydrogens is 388 g/mol. The highest BCUT2D eigenvalue weighted by atomic mass is 32.1. The molecule has 0 amide bonds. The summed E-state index contributed by atoms with van der Waals surface area (Å²) in [6.45, 7) is 6.19. The minimum Gasteiger partial charge on any atom is -0.475 e. The number of furan rings is 1. The average Bonchev–Trinajstić information content (AvgIpc) is 3.33. The number of aromatic nitrogens is 2. The summed E-state index contributed by atoms with van der Waals surface area (Å²) < 4.78 is 6.93. The summed E-state index contributed by atoms with van der Waals surface area (Å²) in [4.78, 5) is 29.9. The summed E-state index contributed by atoms with van der Waals surface area (Å²) in [6.07, 6.45) is 0.578. The Bertz CT molecular complexity index is 1300. The van der Waals surface area contributed by atoms with Gasteiger partial charge in [0.05, 0.1) is 11.9 Å². The van der Waals surface area contributed by atoms with Crippen molar-refractivity contribution in [3.8, 4) is 11.1 Å². The first-order valence-electron chi connectivity index (χ1n) is 9.29. The molecule has 1 N–H and O–H groups in total. The van der Waals surface area contributed by atoms with Crippen molar-refractivity contribution in [1.82, 2.24) is 9.55 Å². The zero-order valence-electron chi connectivity index (χ0n) is 16.4. The van der Waals surface area contributed by atoms with E-state index in [4.69, 9.17) is 14.5 Å². The van der Waals surface area contributed by atoms with Gasteiger partial charge in [-0.15, -0.1) is 11.3 Å². The summed E-state index contributed by atoms with van der Waals surface area (Å²) >= 11 is 1.46. The lowest BCUT2D eigenvalue weighted by atomic mass is 10.0.